The number of benzene rings is 2. The molecule has 1 fully saturated rings. The molecule has 0 aliphatic carbocycles. The second-order valence-corrected chi connectivity index (χ2v) is 12.3. The first kappa shape index (κ1) is 31.0. The fourth-order valence-electron chi connectivity index (χ4n) is 6.58. The number of rotatable bonds is 4. The maximum Gasteiger partial charge on any atom is 0.354 e. The number of carbonyl (C=O) groups excluding carboxylic acids is 2. The van der Waals surface area contributed by atoms with Gasteiger partial charge in [-0.3, -0.25) is 19.1 Å². The van der Waals surface area contributed by atoms with Crippen molar-refractivity contribution >= 4 is 45.8 Å². The number of phenols is 2. The molecule has 2 N–H and O–H groups in total. The lowest BCUT2D eigenvalue weighted by Gasteiger charge is -2.44. The average Bonchev–Trinajstić information content (AvgIpc) is 3.09. The average molecular weight is 647 g/mol. The van der Waals surface area contributed by atoms with E-state index in [0.29, 0.717) is 16.9 Å². The molecule has 238 valence electrons. The van der Waals surface area contributed by atoms with Crippen LogP contribution in [0, 0.1) is 12.7 Å². The lowest BCUT2D eigenvalue weighted by atomic mass is 9.97. The zero-order valence-electron chi connectivity index (χ0n) is 25.9. The number of pyridine rings is 1. The molecule has 2 atom stereocenters. The van der Waals surface area contributed by atoms with Crippen LogP contribution in [0.4, 0.5) is 15.9 Å². The molecular formula is C33H32ClFN6O5. The van der Waals surface area contributed by atoms with Gasteiger partial charge in [0.25, 0.3) is 5.91 Å². The summed E-state index contributed by atoms with van der Waals surface area (Å²) in [6.07, 6.45) is 2.77. The van der Waals surface area contributed by atoms with E-state index in [-0.39, 0.29) is 57.9 Å². The van der Waals surface area contributed by atoms with Gasteiger partial charge in [-0.1, -0.05) is 38.1 Å². The van der Waals surface area contributed by atoms with Crippen LogP contribution in [0.5, 0.6) is 11.5 Å². The van der Waals surface area contributed by atoms with Crippen LogP contribution in [-0.2, 0) is 9.59 Å². The number of hydrogen-bond acceptors (Lipinski definition) is 8. The van der Waals surface area contributed by atoms with Crippen LogP contribution >= 0.6 is 11.6 Å². The van der Waals surface area contributed by atoms with E-state index in [9.17, 15) is 24.6 Å². The minimum atomic E-state index is -1.02. The number of phenolic OH excluding ortho intramolecular Hbond substituents is 2. The van der Waals surface area contributed by atoms with Crippen LogP contribution in [0.25, 0.3) is 27.7 Å². The second-order valence-electron chi connectivity index (χ2n) is 11.9. The number of carbonyl (C=O) groups is 2. The summed E-state index contributed by atoms with van der Waals surface area (Å²) in [5.41, 5.74) is -0.375. The van der Waals surface area contributed by atoms with E-state index >= 15 is 4.39 Å². The molecule has 2 aromatic heterocycles. The first-order valence-corrected chi connectivity index (χ1v) is 15.1. The second kappa shape index (κ2) is 11.1. The van der Waals surface area contributed by atoms with Gasteiger partial charge in [-0.2, -0.15) is 4.98 Å². The summed E-state index contributed by atoms with van der Waals surface area (Å²) in [5, 5.41) is 21.5. The Morgan fingerprint density at radius 3 is 2.43 bits per heavy atom. The number of anilines is 2. The molecule has 1 saturated heterocycles. The first-order valence-electron chi connectivity index (χ1n) is 14.7. The molecule has 2 aliphatic rings. The van der Waals surface area contributed by atoms with Crippen molar-refractivity contribution in [1.82, 2.24) is 19.4 Å². The number of likely N-dealkylation sites (N-methyl/N-ethyl adjacent to an activating group) is 1. The molecule has 13 heteroatoms. The third kappa shape index (κ3) is 4.42. The van der Waals surface area contributed by atoms with E-state index < -0.39 is 46.6 Å². The molecule has 2 unspecified atom stereocenters. The van der Waals surface area contributed by atoms with Crippen molar-refractivity contribution < 1.29 is 24.2 Å². The summed E-state index contributed by atoms with van der Waals surface area (Å²) in [7, 11) is 1.46. The van der Waals surface area contributed by atoms with Crippen molar-refractivity contribution in [3.63, 3.8) is 0 Å². The van der Waals surface area contributed by atoms with E-state index in [1.807, 2.05) is 13.8 Å². The van der Waals surface area contributed by atoms with Crippen LogP contribution < -0.4 is 15.5 Å². The van der Waals surface area contributed by atoms with E-state index in [1.165, 1.54) is 41.1 Å². The minimum absolute atomic E-state index is 0.0213. The molecule has 2 amide bonds. The van der Waals surface area contributed by atoms with Crippen LogP contribution in [0.2, 0.25) is 5.02 Å². The van der Waals surface area contributed by atoms with Crippen molar-refractivity contribution in [3.05, 3.63) is 75.7 Å². The van der Waals surface area contributed by atoms with Gasteiger partial charge in [0.2, 0.25) is 5.91 Å². The summed E-state index contributed by atoms with van der Waals surface area (Å²) in [6.45, 7) is 11.0. The SMILES string of the molecule is C=CC(=O)N1CC2C(=O)N(C)c3c(Cl)c(-c4c(O)cccc4O)c(F)c4c3c(nc(=O)n4-c3c(C)ccnc3C(C)C)N2CC1C. The van der Waals surface area contributed by atoms with Crippen molar-refractivity contribution in [2.45, 2.75) is 45.7 Å². The number of nitrogens with zero attached hydrogens (tertiary/aromatic N) is 6. The quantitative estimate of drug-likeness (QED) is 0.306. The molecular weight excluding hydrogens is 615 g/mol. The van der Waals surface area contributed by atoms with Gasteiger partial charge in [0.05, 0.1) is 39.6 Å². The maximum absolute atomic E-state index is 17.5. The normalized spacial score (nSPS) is 17.8. The van der Waals surface area contributed by atoms with E-state index in [1.54, 1.807) is 31.0 Å². The lowest BCUT2D eigenvalue weighted by molar-refractivity contribution is -0.130. The Balaban J connectivity index is 1.83. The summed E-state index contributed by atoms with van der Waals surface area (Å²) in [5.74, 6) is -2.98. The molecule has 0 bridgehead atoms. The van der Waals surface area contributed by atoms with Crippen molar-refractivity contribution in [2.75, 3.05) is 29.9 Å². The lowest BCUT2D eigenvalue weighted by Crippen LogP contribution is -2.63. The number of amides is 2. The van der Waals surface area contributed by atoms with Gasteiger partial charge in [0, 0.05) is 31.4 Å². The Morgan fingerprint density at radius 1 is 1.13 bits per heavy atom. The molecule has 11 nitrogen and oxygen atoms in total. The zero-order chi connectivity index (χ0) is 33.4. The molecule has 0 radical (unpaired) electrons. The Morgan fingerprint density at radius 2 is 1.80 bits per heavy atom. The topological polar surface area (TPSA) is 132 Å². The number of hydrogen-bond donors (Lipinski definition) is 2. The zero-order valence-corrected chi connectivity index (χ0v) is 26.6. The smallest absolute Gasteiger partial charge is 0.354 e. The highest BCUT2D eigenvalue weighted by Crippen LogP contribution is 2.52. The summed E-state index contributed by atoms with van der Waals surface area (Å²) < 4.78 is 18.6. The number of aryl methyl sites for hydroxylation is 1. The number of halogens is 2. The van der Waals surface area contributed by atoms with Crippen molar-refractivity contribution in [3.8, 4) is 28.3 Å². The Kier molecular flexibility index (Phi) is 7.51. The predicted octanol–water partition coefficient (Wildman–Crippen LogP) is 4.65. The molecule has 4 aromatic rings. The Labute approximate surface area is 268 Å². The number of fused-ring (bicyclic) bond motifs is 2. The standard InChI is InChI=1S/C33H32ClFN6O5/c1-7-21(44)39-14-18-32(45)38(6)29-24-30(26(35)23(25(29)34)22-19(42)9-8-10-20(22)43)41(28-16(4)11-12-36-27(28)15(2)3)33(46)37-31(24)40(18)13-17(39)5/h7-12,15,17-18,42-43H,1,13-14H2,2-6H3. The fraction of sp³-hybridized carbons (Fsp3) is 0.303. The number of aromatic hydroxyl groups is 2. The number of piperazine rings is 1. The fourth-order valence-corrected chi connectivity index (χ4v) is 6.98. The molecule has 0 spiro atoms. The summed E-state index contributed by atoms with van der Waals surface area (Å²) >= 11 is 7.01. The minimum Gasteiger partial charge on any atom is -0.507 e. The van der Waals surface area contributed by atoms with Gasteiger partial charge in [0.15, 0.2) is 5.82 Å². The van der Waals surface area contributed by atoms with Gasteiger partial charge in [-0.15, -0.1) is 0 Å². The van der Waals surface area contributed by atoms with Crippen LogP contribution in [0.3, 0.4) is 0 Å². The van der Waals surface area contributed by atoms with Gasteiger partial charge < -0.3 is 24.9 Å². The molecule has 6 rings (SSSR count). The van der Waals surface area contributed by atoms with Crippen molar-refractivity contribution in [1.29, 1.82) is 0 Å². The highest BCUT2D eigenvalue weighted by Gasteiger charge is 2.45. The molecule has 2 aromatic carbocycles. The summed E-state index contributed by atoms with van der Waals surface area (Å²) in [4.78, 5) is 54.6. The van der Waals surface area contributed by atoms with Gasteiger partial charge >= 0.3 is 5.69 Å². The van der Waals surface area contributed by atoms with Gasteiger partial charge in [0.1, 0.15) is 28.9 Å². The summed E-state index contributed by atoms with van der Waals surface area (Å²) in [6, 6.07) is 4.18. The monoisotopic (exact) mass is 646 g/mol. The van der Waals surface area contributed by atoms with Crippen molar-refractivity contribution in [2.24, 2.45) is 0 Å². The molecule has 2 aliphatic heterocycles. The third-order valence-corrected chi connectivity index (χ3v) is 9.15. The molecule has 4 heterocycles. The van der Waals surface area contributed by atoms with Crippen LogP contribution in [0.1, 0.15) is 37.9 Å². The first-order chi connectivity index (χ1) is 21.8. The largest absolute Gasteiger partial charge is 0.507 e. The van der Waals surface area contributed by atoms with Crippen LogP contribution in [-0.4, -0.2) is 73.7 Å². The predicted molar refractivity (Wildman–Crippen MR) is 174 cm³/mol. The van der Waals surface area contributed by atoms with E-state index in [0.717, 1.165) is 4.57 Å². The van der Waals surface area contributed by atoms with E-state index in [4.69, 9.17) is 11.6 Å². The number of aromatic nitrogens is 3. The molecule has 0 saturated carbocycles. The van der Waals surface area contributed by atoms with Gasteiger partial charge in [-0.25, -0.2) is 9.18 Å². The highest BCUT2D eigenvalue weighted by molar-refractivity contribution is 6.39. The molecule has 46 heavy (non-hydrogen) atoms. The van der Waals surface area contributed by atoms with E-state index in [2.05, 4.69) is 16.5 Å². The third-order valence-electron chi connectivity index (χ3n) is 8.78. The highest BCUT2D eigenvalue weighted by atomic mass is 35.5. The van der Waals surface area contributed by atoms with Gasteiger partial charge in [-0.05, 0) is 49.6 Å². The maximum atomic E-state index is 17.5. The van der Waals surface area contributed by atoms with Crippen LogP contribution in [0.15, 0.2) is 47.9 Å². The Bertz CT molecular complexity index is 2030. The Hall–Kier alpha value is -4.97.